The largest absolute Gasteiger partial charge is 0.397 e. The van der Waals surface area contributed by atoms with Gasteiger partial charge in [0.1, 0.15) is 5.15 Å². The number of nitrogens with two attached hydrogens (primary N) is 1. The summed E-state index contributed by atoms with van der Waals surface area (Å²) in [5.74, 6) is -0.204. The molecule has 4 nitrogen and oxygen atoms in total. The summed E-state index contributed by atoms with van der Waals surface area (Å²) in [4.78, 5) is 16.7. The van der Waals surface area contributed by atoms with Crippen LogP contribution >= 0.6 is 11.6 Å². The highest BCUT2D eigenvalue weighted by atomic mass is 35.5. The number of aromatic nitrogens is 1. The quantitative estimate of drug-likeness (QED) is 0.687. The standard InChI is InChI=1S/C8H10ClN3O/c1-12(2)8(13)6-3-5(10)4-11-7(6)9/h3-4H,10H2,1-2H3. The summed E-state index contributed by atoms with van der Waals surface area (Å²) in [6.45, 7) is 0. The number of nitrogen functional groups attached to an aromatic ring is 1. The molecule has 0 spiro atoms. The first-order valence-corrected chi connectivity index (χ1v) is 4.03. The number of hydrogen-bond donors (Lipinski definition) is 1. The van der Waals surface area contributed by atoms with Crippen LogP contribution in [0.1, 0.15) is 10.4 Å². The lowest BCUT2D eigenvalue weighted by molar-refractivity contribution is 0.0827. The van der Waals surface area contributed by atoms with Gasteiger partial charge >= 0.3 is 0 Å². The Morgan fingerprint density at radius 3 is 2.77 bits per heavy atom. The Kier molecular flexibility index (Phi) is 2.72. The lowest BCUT2D eigenvalue weighted by atomic mass is 10.2. The van der Waals surface area contributed by atoms with Gasteiger partial charge in [0.15, 0.2) is 0 Å². The molecule has 70 valence electrons. The third-order valence-corrected chi connectivity index (χ3v) is 1.80. The molecule has 0 radical (unpaired) electrons. The van der Waals surface area contributed by atoms with E-state index in [0.717, 1.165) is 0 Å². The number of halogens is 1. The van der Waals surface area contributed by atoms with E-state index in [-0.39, 0.29) is 11.1 Å². The Hall–Kier alpha value is -1.29. The normalized spacial score (nSPS) is 9.77. The maximum atomic E-state index is 11.5. The molecule has 0 saturated heterocycles. The van der Waals surface area contributed by atoms with Crippen LogP contribution in [0.15, 0.2) is 12.3 Å². The molecule has 1 amide bonds. The van der Waals surface area contributed by atoms with Crippen LogP contribution in [0.4, 0.5) is 5.69 Å². The molecule has 1 heterocycles. The molecule has 1 aromatic heterocycles. The number of rotatable bonds is 1. The van der Waals surface area contributed by atoms with Crippen molar-refractivity contribution in [3.05, 3.63) is 23.0 Å². The van der Waals surface area contributed by atoms with Gasteiger partial charge < -0.3 is 10.6 Å². The van der Waals surface area contributed by atoms with Crippen LogP contribution in [0, 0.1) is 0 Å². The molecule has 1 rings (SSSR count). The highest BCUT2D eigenvalue weighted by Crippen LogP contribution is 2.16. The number of carbonyl (C=O) groups is 1. The smallest absolute Gasteiger partial charge is 0.256 e. The van der Waals surface area contributed by atoms with E-state index in [1.165, 1.54) is 17.2 Å². The molecule has 0 aliphatic rings. The fourth-order valence-electron chi connectivity index (χ4n) is 0.855. The van der Waals surface area contributed by atoms with Gasteiger partial charge in [-0.2, -0.15) is 0 Å². The average Bonchev–Trinajstić information content (AvgIpc) is 2.08. The number of amides is 1. The Balaban J connectivity index is 3.13. The summed E-state index contributed by atoms with van der Waals surface area (Å²) in [5, 5.41) is 0.174. The molecule has 0 atom stereocenters. The van der Waals surface area contributed by atoms with Gasteiger partial charge in [0.05, 0.1) is 17.4 Å². The van der Waals surface area contributed by atoms with Crippen LogP contribution < -0.4 is 5.73 Å². The SMILES string of the molecule is CN(C)C(=O)c1cc(N)cnc1Cl. The molecule has 0 saturated carbocycles. The Morgan fingerprint density at radius 1 is 1.62 bits per heavy atom. The number of pyridine rings is 1. The molecule has 0 fully saturated rings. The van der Waals surface area contributed by atoms with Crippen molar-refractivity contribution in [2.24, 2.45) is 0 Å². The van der Waals surface area contributed by atoms with Crippen LogP contribution in [-0.2, 0) is 0 Å². The summed E-state index contributed by atoms with van der Waals surface area (Å²) >= 11 is 5.72. The molecular weight excluding hydrogens is 190 g/mol. The topological polar surface area (TPSA) is 59.2 Å². The summed E-state index contributed by atoms with van der Waals surface area (Å²) in [5.41, 5.74) is 6.22. The van der Waals surface area contributed by atoms with Gasteiger partial charge in [-0.3, -0.25) is 4.79 Å². The number of nitrogens with zero attached hydrogens (tertiary/aromatic N) is 2. The molecule has 0 unspecified atom stereocenters. The van der Waals surface area contributed by atoms with Crippen molar-refractivity contribution in [3.8, 4) is 0 Å². The minimum atomic E-state index is -0.204. The van der Waals surface area contributed by atoms with Crippen molar-refractivity contribution in [3.63, 3.8) is 0 Å². The summed E-state index contributed by atoms with van der Waals surface area (Å²) in [6, 6.07) is 1.51. The van der Waals surface area contributed by atoms with Crippen LogP contribution in [0.5, 0.6) is 0 Å². The van der Waals surface area contributed by atoms with Crippen molar-refractivity contribution in [1.29, 1.82) is 0 Å². The van der Waals surface area contributed by atoms with E-state index in [1.807, 2.05) is 0 Å². The van der Waals surface area contributed by atoms with Crippen molar-refractivity contribution < 1.29 is 4.79 Å². The van der Waals surface area contributed by atoms with Crippen molar-refractivity contribution in [2.45, 2.75) is 0 Å². The van der Waals surface area contributed by atoms with E-state index in [4.69, 9.17) is 17.3 Å². The van der Waals surface area contributed by atoms with Gasteiger partial charge in [-0.25, -0.2) is 4.98 Å². The van der Waals surface area contributed by atoms with Crippen LogP contribution in [0.25, 0.3) is 0 Å². The molecule has 0 aliphatic carbocycles. The third-order valence-electron chi connectivity index (χ3n) is 1.50. The maximum Gasteiger partial charge on any atom is 0.256 e. The number of anilines is 1. The van der Waals surface area contributed by atoms with E-state index in [1.54, 1.807) is 14.1 Å². The van der Waals surface area contributed by atoms with E-state index in [9.17, 15) is 4.79 Å². The van der Waals surface area contributed by atoms with E-state index >= 15 is 0 Å². The second kappa shape index (κ2) is 3.62. The van der Waals surface area contributed by atoms with Gasteiger partial charge in [0.25, 0.3) is 5.91 Å². The lowest BCUT2D eigenvalue weighted by Gasteiger charge is -2.10. The predicted octanol–water partition coefficient (Wildman–Crippen LogP) is 1.02. The fraction of sp³-hybridized carbons (Fsp3) is 0.250. The minimum Gasteiger partial charge on any atom is -0.397 e. The maximum absolute atomic E-state index is 11.5. The molecule has 1 aromatic rings. The number of carbonyl (C=O) groups excluding carboxylic acids is 1. The molecular formula is C8H10ClN3O. The Bertz CT molecular complexity index is 338. The summed E-state index contributed by atoms with van der Waals surface area (Å²) in [7, 11) is 3.28. The fourth-order valence-corrected chi connectivity index (χ4v) is 1.04. The second-order valence-electron chi connectivity index (χ2n) is 2.81. The molecule has 0 bridgehead atoms. The molecule has 0 aromatic carbocycles. The monoisotopic (exact) mass is 199 g/mol. The van der Waals surface area contributed by atoms with Crippen LogP contribution in [-0.4, -0.2) is 29.9 Å². The lowest BCUT2D eigenvalue weighted by Crippen LogP contribution is -2.22. The van der Waals surface area contributed by atoms with Crippen LogP contribution in [0.2, 0.25) is 5.15 Å². The Labute approximate surface area is 81.3 Å². The van der Waals surface area contributed by atoms with Gasteiger partial charge in [0.2, 0.25) is 0 Å². The van der Waals surface area contributed by atoms with Gasteiger partial charge in [-0.1, -0.05) is 11.6 Å². The van der Waals surface area contributed by atoms with E-state index < -0.39 is 0 Å². The Morgan fingerprint density at radius 2 is 2.23 bits per heavy atom. The average molecular weight is 200 g/mol. The van der Waals surface area contributed by atoms with Gasteiger partial charge in [-0.05, 0) is 6.07 Å². The third kappa shape index (κ3) is 2.09. The highest BCUT2D eigenvalue weighted by Gasteiger charge is 2.13. The number of hydrogen-bond acceptors (Lipinski definition) is 3. The summed E-state index contributed by atoms with van der Waals surface area (Å²) < 4.78 is 0. The van der Waals surface area contributed by atoms with E-state index in [2.05, 4.69) is 4.98 Å². The van der Waals surface area contributed by atoms with E-state index in [0.29, 0.717) is 11.3 Å². The first kappa shape index (κ1) is 9.80. The molecule has 13 heavy (non-hydrogen) atoms. The first-order chi connectivity index (χ1) is 6.02. The van der Waals surface area contributed by atoms with Gasteiger partial charge in [-0.15, -0.1) is 0 Å². The minimum absolute atomic E-state index is 0.174. The zero-order chi connectivity index (χ0) is 10.0. The van der Waals surface area contributed by atoms with Crippen molar-refractivity contribution in [2.75, 3.05) is 19.8 Å². The first-order valence-electron chi connectivity index (χ1n) is 3.65. The summed E-state index contributed by atoms with van der Waals surface area (Å²) in [6.07, 6.45) is 1.41. The molecule has 2 N–H and O–H groups in total. The zero-order valence-corrected chi connectivity index (χ0v) is 8.17. The predicted molar refractivity (Wildman–Crippen MR) is 51.7 cm³/mol. The van der Waals surface area contributed by atoms with Crippen LogP contribution in [0.3, 0.4) is 0 Å². The zero-order valence-electron chi connectivity index (χ0n) is 7.41. The second-order valence-corrected chi connectivity index (χ2v) is 3.16. The highest BCUT2D eigenvalue weighted by molar-refractivity contribution is 6.32. The molecule has 5 heteroatoms. The van der Waals surface area contributed by atoms with Gasteiger partial charge in [0, 0.05) is 14.1 Å². The molecule has 0 aliphatic heterocycles. The van der Waals surface area contributed by atoms with Crippen molar-refractivity contribution in [1.82, 2.24) is 9.88 Å². The van der Waals surface area contributed by atoms with Crippen molar-refractivity contribution >= 4 is 23.2 Å².